The summed E-state index contributed by atoms with van der Waals surface area (Å²) in [7, 11) is 0. The molecule has 0 aliphatic carbocycles. The smallest absolute Gasteiger partial charge is 0.269 e. The summed E-state index contributed by atoms with van der Waals surface area (Å²) in [6.45, 7) is 4.03. The van der Waals surface area contributed by atoms with Gasteiger partial charge < -0.3 is 11.5 Å². The van der Waals surface area contributed by atoms with Crippen molar-refractivity contribution in [1.82, 2.24) is 0 Å². The van der Waals surface area contributed by atoms with Crippen LogP contribution in [0.2, 0.25) is 0 Å². The molecule has 0 spiro atoms. The minimum Gasteiger partial charge on any atom is -0.399 e. The minimum absolute atomic E-state index is 0.0641. The molecule has 2 aromatic rings. The molecule has 2 rings (SSSR count). The van der Waals surface area contributed by atoms with Crippen LogP contribution in [-0.2, 0) is 0 Å². The molecule has 5 heteroatoms. The number of nitrogens with zero attached hydrogens (tertiary/aromatic N) is 1. The third kappa shape index (κ3) is 4.31. The standard InChI is InChI=1S/C8H11N.C6H6N2O2/c1-6-4-3-5-7(2)8(6)9;7-5-1-3-6(4-2-5)8(9)10/h3-5H,9H2,1-2H3;1-4H,7H2. The number of nitro groups is 1. The van der Waals surface area contributed by atoms with E-state index < -0.39 is 4.92 Å². The van der Waals surface area contributed by atoms with Crippen molar-refractivity contribution in [3.63, 3.8) is 0 Å². The maximum atomic E-state index is 10.1. The van der Waals surface area contributed by atoms with E-state index in [4.69, 9.17) is 11.5 Å². The first-order valence-corrected chi connectivity index (χ1v) is 5.73. The second-order valence-electron chi connectivity index (χ2n) is 4.15. The molecule has 0 heterocycles. The van der Waals surface area contributed by atoms with Gasteiger partial charge in [0.05, 0.1) is 4.92 Å². The summed E-state index contributed by atoms with van der Waals surface area (Å²) >= 11 is 0. The van der Waals surface area contributed by atoms with Gasteiger partial charge in [-0.05, 0) is 37.1 Å². The van der Waals surface area contributed by atoms with Crippen LogP contribution in [0.1, 0.15) is 11.1 Å². The summed E-state index contributed by atoms with van der Waals surface area (Å²) < 4.78 is 0. The Morgan fingerprint density at radius 3 is 1.79 bits per heavy atom. The molecule has 0 fully saturated rings. The number of hydrogen-bond acceptors (Lipinski definition) is 4. The molecule has 0 saturated carbocycles. The fourth-order valence-electron chi connectivity index (χ4n) is 1.42. The largest absolute Gasteiger partial charge is 0.399 e. The molecule has 0 amide bonds. The number of non-ortho nitro benzene ring substituents is 1. The molecule has 0 saturated heterocycles. The van der Waals surface area contributed by atoms with Crippen LogP contribution in [-0.4, -0.2) is 4.92 Å². The van der Waals surface area contributed by atoms with Gasteiger partial charge in [0, 0.05) is 23.5 Å². The lowest BCUT2D eigenvalue weighted by Gasteiger charge is -2.00. The highest BCUT2D eigenvalue weighted by molar-refractivity contribution is 5.52. The zero-order chi connectivity index (χ0) is 14.4. The van der Waals surface area contributed by atoms with Gasteiger partial charge in [-0.25, -0.2) is 0 Å². The van der Waals surface area contributed by atoms with E-state index in [0.717, 1.165) is 16.8 Å². The number of aryl methyl sites for hydroxylation is 2. The van der Waals surface area contributed by atoms with Crippen LogP contribution < -0.4 is 11.5 Å². The zero-order valence-electron chi connectivity index (χ0n) is 11.0. The molecular formula is C14H17N3O2. The molecule has 0 aliphatic heterocycles. The van der Waals surface area contributed by atoms with Gasteiger partial charge in [0.2, 0.25) is 0 Å². The summed E-state index contributed by atoms with van der Waals surface area (Å²) in [4.78, 5) is 9.62. The summed E-state index contributed by atoms with van der Waals surface area (Å²) in [5.74, 6) is 0. The lowest BCUT2D eigenvalue weighted by atomic mass is 10.1. The van der Waals surface area contributed by atoms with Crippen LogP contribution in [0.15, 0.2) is 42.5 Å². The average Bonchev–Trinajstić information content (AvgIpc) is 2.37. The van der Waals surface area contributed by atoms with Gasteiger partial charge in [0.25, 0.3) is 5.69 Å². The fraction of sp³-hybridized carbons (Fsp3) is 0.143. The van der Waals surface area contributed by atoms with Crippen molar-refractivity contribution in [3.8, 4) is 0 Å². The van der Waals surface area contributed by atoms with Crippen molar-refractivity contribution in [2.24, 2.45) is 0 Å². The average molecular weight is 259 g/mol. The van der Waals surface area contributed by atoms with Crippen molar-refractivity contribution in [2.45, 2.75) is 13.8 Å². The number of anilines is 2. The number of benzene rings is 2. The van der Waals surface area contributed by atoms with Crippen molar-refractivity contribution in [2.75, 3.05) is 11.5 Å². The highest BCUT2D eigenvalue weighted by Crippen LogP contribution is 2.14. The highest BCUT2D eigenvalue weighted by atomic mass is 16.6. The van der Waals surface area contributed by atoms with Crippen LogP contribution in [0.25, 0.3) is 0 Å². The Labute approximate surface area is 112 Å². The second-order valence-corrected chi connectivity index (χ2v) is 4.15. The molecule has 0 radical (unpaired) electrons. The van der Waals surface area contributed by atoms with E-state index in [9.17, 15) is 10.1 Å². The Morgan fingerprint density at radius 1 is 0.947 bits per heavy atom. The topological polar surface area (TPSA) is 95.2 Å². The predicted octanol–water partition coefficient (Wildman–Crippen LogP) is 3.06. The van der Waals surface area contributed by atoms with Crippen LogP contribution >= 0.6 is 0 Å². The molecule has 0 aromatic heterocycles. The first kappa shape index (κ1) is 14.5. The van der Waals surface area contributed by atoms with Gasteiger partial charge >= 0.3 is 0 Å². The van der Waals surface area contributed by atoms with E-state index in [1.807, 2.05) is 32.0 Å². The summed E-state index contributed by atoms with van der Waals surface area (Å²) in [6.07, 6.45) is 0. The minimum atomic E-state index is -0.459. The van der Waals surface area contributed by atoms with E-state index >= 15 is 0 Å². The molecule has 0 aliphatic rings. The highest BCUT2D eigenvalue weighted by Gasteiger charge is 2.00. The third-order valence-corrected chi connectivity index (χ3v) is 2.65. The van der Waals surface area contributed by atoms with Gasteiger partial charge in [0.1, 0.15) is 0 Å². The summed E-state index contributed by atoms with van der Waals surface area (Å²) in [6, 6.07) is 11.8. The van der Waals surface area contributed by atoms with Crippen molar-refractivity contribution >= 4 is 17.1 Å². The molecule has 100 valence electrons. The number of rotatable bonds is 1. The number of nitrogens with two attached hydrogens (primary N) is 2. The molecule has 2 aromatic carbocycles. The van der Waals surface area contributed by atoms with Crippen LogP contribution in [0.5, 0.6) is 0 Å². The molecule has 0 atom stereocenters. The Balaban J connectivity index is 0.000000191. The third-order valence-electron chi connectivity index (χ3n) is 2.65. The summed E-state index contributed by atoms with van der Waals surface area (Å²) in [5.41, 5.74) is 14.8. The molecule has 4 N–H and O–H groups in total. The first-order valence-electron chi connectivity index (χ1n) is 5.73. The van der Waals surface area contributed by atoms with Crippen molar-refractivity contribution < 1.29 is 4.92 Å². The fourth-order valence-corrected chi connectivity index (χ4v) is 1.42. The maximum absolute atomic E-state index is 10.1. The van der Waals surface area contributed by atoms with Crippen LogP contribution in [0.4, 0.5) is 17.1 Å². The number of nitrogen functional groups attached to an aromatic ring is 2. The molecule has 19 heavy (non-hydrogen) atoms. The monoisotopic (exact) mass is 259 g/mol. The van der Waals surface area contributed by atoms with Gasteiger partial charge in [-0.3, -0.25) is 10.1 Å². The zero-order valence-corrected chi connectivity index (χ0v) is 11.0. The second kappa shape index (κ2) is 6.39. The maximum Gasteiger partial charge on any atom is 0.269 e. The Bertz CT molecular complexity index is 545. The molecular weight excluding hydrogens is 242 g/mol. The summed E-state index contributed by atoms with van der Waals surface area (Å²) in [5, 5.41) is 10.1. The lowest BCUT2D eigenvalue weighted by molar-refractivity contribution is -0.384. The van der Waals surface area contributed by atoms with E-state index in [-0.39, 0.29) is 5.69 Å². The lowest BCUT2D eigenvalue weighted by Crippen LogP contribution is -1.91. The van der Waals surface area contributed by atoms with Gasteiger partial charge in [-0.2, -0.15) is 0 Å². The van der Waals surface area contributed by atoms with Crippen molar-refractivity contribution in [3.05, 3.63) is 63.7 Å². The number of hydrogen-bond donors (Lipinski definition) is 2. The predicted molar refractivity (Wildman–Crippen MR) is 77.8 cm³/mol. The van der Waals surface area contributed by atoms with E-state index in [1.54, 1.807) is 0 Å². The quantitative estimate of drug-likeness (QED) is 0.467. The first-order chi connectivity index (χ1) is 8.91. The van der Waals surface area contributed by atoms with Crippen LogP contribution in [0.3, 0.4) is 0 Å². The number of nitro benzene ring substituents is 1. The van der Waals surface area contributed by atoms with Crippen molar-refractivity contribution in [1.29, 1.82) is 0 Å². The van der Waals surface area contributed by atoms with Gasteiger partial charge in [-0.1, -0.05) is 18.2 Å². The van der Waals surface area contributed by atoms with Crippen LogP contribution in [0, 0.1) is 24.0 Å². The van der Waals surface area contributed by atoms with Gasteiger partial charge in [-0.15, -0.1) is 0 Å². The Morgan fingerprint density at radius 2 is 1.42 bits per heavy atom. The molecule has 0 unspecified atom stereocenters. The molecule has 0 bridgehead atoms. The Hall–Kier alpha value is -2.56. The number of para-hydroxylation sites is 1. The van der Waals surface area contributed by atoms with Gasteiger partial charge in [0.15, 0.2) is 0 Å². The molecule has 5 nitrogen and oxygen atoms in total. The van der Waals surface area contributed by atoms with E-state index in [1.165, 1.54) is 24.3 Å². The normalized spacial score (nSPS) is 9.37. The van der Waals surface area contributed by atoms with E-state index in [0.29, 0.717) is 5.69 Å². The van der Waals surface area contributed by atoms with E-state index in [2.05, 4.69) is 0 Å². The Kier molecular flexibility index (Phi) is 4.88. The SMILES string of the molecule is Cc1cccc(C)c1N.Nc1ccc([N+](=O)[O-])cc1.